The molecule has 0 amide bonds. The maximum atomic E-state index is 12.4. The number of rotatable bonds is 4. The van der Waals surface area contributed by atoms with E-state index in [1.165, 1.54) is 0 Å². The van der Waals surface area contributed by atoms with Gasteiger partial charge in [-0.1, -0.05) is 12.1 Å². The van der Waals surface area contributed by atoms with Gasteiger partial charge in [0.05, 0.1) is 22.3 Å². The Morgan fingerprint density at radius 1 is 1.33 bits per heavy atom. The lowest BCUT2D eigenvalue weighted by molar-refractivity contribution is 0.0981. The van der Waals surface area contributed by atoms with Gasteiger partial charge in [0.25, 0.3) is 0 Å². The Kier molecular flexibility index (Phi) is 3.97. The van der Waals surface area contributed by atoms with E-state index in [0.29, 0.717) is 31.9 Å². The number of aromatic amines is 1. The van der Waals surface area contributed by atoms with Crippen molar-refractivity contribution in [2.24, 2.45) is 0 Å². The zero-order valence-corrected chi connectivity index (χ0v) is 12.7. The van der Waals surface area contributed by atoms with Crippen molar-refractivity contribution in [3.63, 3.8) is 0 Å². The number of nitrogens with one attached hydrogen (secondary N) is 2. The van der Waals surface area contributed by atoms with Crippen LogP contribution in [0.1, 0.15) is 31.6 Å². The van der Waals surface area contributed by atoms with E-state index in [1.807, 2.05) is 24.3 Å². The summed E-state index contributed by atoms with van der Waals surface area (Å²) >= 11 is 0. The second-order valence-electron chi connectivity index (χ2n) is 5.34. The lowest BCUT2D eigenvalue weighted by Gasteiger charge is -2.23. The molecule has 2 N–H and O–H groups in total. The maximum absolute atomic E-state index is 12.4. The van der Waals surface area contributed by atoms with Crippen molar-refractivity contribution >= 4 is 21.1 Å². The molecule has 0 radical (unpaired) electrons. The highest BCUT2D eigenvalue weighted by atomic mass is 32.2. The van der Waals surface area contributed by atoms with Gasteiger partial charge in [-0.3, -0.25) is 0 Å². The maximum Gasteiger partial charge on any atom is 0.215 e. The molecule has 1 aliphatic heterocycles. The van der Waals surface area contributed by atoms with Crippen LogP contribution in [0.2, 0.25) is 0 Å². The van der Waals surface area contributed by atoms with Crippen LogP contribution in [0, 0.1) is 0 Å². The summed E-state index contributed by atoms with van der Waals surface area (Å²) in [6.07, 6.45) is 1.09. The monoisotopic (exact) mass is 309 g/mol. The van der Waals surface area contributed by atoms with Crippen LogP contribution in [-0.2, 0) is 14.8 Å². The van der Waals surface area contributed by atoms with E-state index in [-0.39, 0.29) is 11.3 Å². The van der Waals surface area contributed by atoms with Gasteiger partial charge in [-0.25, -0.2) is 18.1 Å². The summed E-state index contributed by atoms with van der Waals surface area (Å²) in [6.45, 7) is 2.81. The molecule has 2 heterocycles. The molecule has 1 aromatic heterocycles. The number of sulfonamides is 1. The van der Waals surface area contributed by atoms with E-state index in [2.05, 4.69) is 14.7 Å². The number of benzene rings is 1. The van der Waals surface area contributed by atoms with Gasteiger partial charge in [0.1, 0.15) is 5.82 Å². The minimum atomic E-state index is -3.36. The third-order valence-corrected chi connectivity index (χ3v) is 5.80. The van der Waals surface area contributed by atoms with E-state index in [9.17, 15) is 8.42 Å². The van der Waals surface area contributed by atoms with Crippen molar-refractivity contribution in [1.29, 1.82) is 0 Å². The summed E-state index contributed by atoms with van der Waals surface area (Å²) in [5.41, 5.74) is 1.74. The Morgan fingerprint density at radius 2 is 2.05 bits per heavy atom. The largest absolute Gasteiger partial charge is 0.381 e. The van der Waals surface area contributed by atoms with Gasteiger partial charge in [-0.15, -0.1) is 0 Å². The van der Waals surface area contributed by atoms with Crippen molar-refractivity contribution < 1.29 is 13.2 Å². The minimum Gasteiger partial charge on any atom is -0.381 e. The number of imidazole rings is 1. The second kappa shape index (κ2) is 5.75. The normalized spacial score (nSPS) is 18.9. The topological polar surface area (TPSA) is 84.1 Å². The molecule has 21 heavy (non-hydrogen) atoms. The van der Waals surface area contributed by atoms with Crippen LogP contribution < -0.4 is 4.72 Å². The van der Waals surface area contributed by atoms with Gasteiger partial charge < -0.3 is 9.72 Å². The van der Waals surface area contributed by atoms with Crippen LogP contribution in [0.4, 0.5) is 0 Å². The average Bonchev–Trinajstić information content (AvgIpc) is 2.92. The van der Waals surface area contributed by atoms with E-state index in [1.54, 1.807) is 6.92 Å². The van der Waals surface area contributed by atoms with Crippen molar-refractivity contribution in [2.45, 2.75) is 31.1 Å². The average molecular weight is 309 g/mol. The molecule has 0 spiro atoms. The van der Waals surface area contributed by atoms with Gasteiger partial charge in [-0.2, -0.15) is 0 Å². The van der Waals surface area contributed by atoms with Gasteiger partial charge in [0.15, 0.2) is 0 Å². The Hall–Kier alpha value is -1.44. The lowest BCUT2D eigenvalue weighted by atomic mass is 10.2. The van der Waals surface area contributed by atoms with Crippen LogP contribution in [0.15, 0.2) is 24.3 Å². The van der Waals surface area contributed by atoms with E-state index in [0.717, 1.165) is 11.0 Å². The van der Waals surface area contributed by atoms with Gasteiger partial charge in [-0.05, 0) is 31.9 Å². The molecular weight excluding hydrogens is 290 g/mol. The first-order valence-corrected chi connectivity index (χ1v) is 8.64. The van der Waals surface area contributed by atoms with Crippen LogP contribution >= 0.6 is 0 Å². The van der Waals surface area contributed by atoms with Crippen LogP contribution in [0.3, 0.4) is 0 Å². The zero-order valence-electron chi connectivity index (χ0n) is 11.9. The Balaban J connectivity index is 1.77. The van der Waals surface area contributed by atoms with Gasteiger partial charge in [0.2, 0.25) is 10.0 Å². The molecule has 0 aliphatic carbocycles. The summed E-state index contributed by atoms with van der Waals surface area (Å²) in [7, 11) is -3.36. The van der Waals surface area contributed by atoms with Crippen LogP contribution in [0.5, 0.6) is 0 Å². The third kappa shape index (κ3) is 3.09. The molecule has 6 nitrogen and oxygen atoms in total. The molecule has 1 aliphatic rings. The molecule has 3 rings (SSSR count). The fourth-order valence-electron chi connectivity index (χ4n) is 2.56. The number of aromatic nitrogens is 2. The number of fused-ring (bicyclic) bond motifs is 1. The standard InChI is InChI=1S/C14H19N3O3S/c1-10(14-15-12-4-2-3-5-13(12)16-14)17-21(18,19)11-6-8-20-9-7-11/h2-5,10-11,17H,6-9H2,1H3,(H,15,16). The molecule has 7 heteroatoms. The summed E-state index contributed by atoms with van der Waals surface area (Å²) < 4.78 is 32.7. The predicted octanol–water partition coefficient (Wildman–Crippen LogP) is 1.72. The van der Waals surface area contributed by atoms with Crippen LogP contribution in [0.25, 0.3) is 11.0 Å². The molecule has 0 saturated carbocycles. The third-order valence-electron chi connectivity index (χ3n) is 3.77. The Morgan fingerprint density at radius 3 is 2.76 bits per heavy atom. The smallest absolute Gasteiger partial charge is 0.215 e. The summed E-state index contributed by atoms with van der Waals surface area (Å²) in [6, 6.07) is 7.26. The van der Waals surface area contributed by atoms with Crippen molar-refractivity contribution in [3.05, 3.63) is 30.1 Å². The first-order valence-electron chi connectivity index (χ1n) is 7.10. The van der Waals surface area contributed by atoms with Crippen LogP contribution in [-0.4, -0.2) is 36.8 Å². The predicted molar refractivity (Wildman–Crippen MR) is 80.4 cm³/mol. The molecule has 1 atom stereocenters. The number of para-hydroxylation sites is 2. The molecule has 1 unspecified atom stereocenters. The fourth-order valence-corrected chi connectivity index (χ4v) is 4.17. The molecule has 1 fully saturated rings. The number of hydrogen-bond donors (Lipinski definition) is 2. The molecule has 114 valence electrons. The van der Waals surface area contributed by atoms with Crippen molar-refractivity contribution in [2.75, 3.05) is 13.2 Å². The second-order valence-corrected chi connectivity index (χ2v) is 7.33. The first kappa shape index (κ1) is 14.5. The molecular formula is C14H19N3O3S. The van der Waals surface area contributed by atoms with E-state index >= 15 is 0 Å². The summed E-state index contributed by atoms with van der Waals surface area (Å²) in [4.78, 5) is 7.59. The lowest BCUT2D eigenvalue weighted by Crippen LogP contribution is -2.39. The van der Waals surface area contributed by atoms with E-state index < -0.39 is 10.0 Å². The highest BCUT2D eigenvalue weighted by molar-refractivity contribution is 7.90. The summed E-state index contributed by atoms with van der Waals surface area (Å²) in [5.74, 6) is 0.631. The number of nitrogens with zero attached hydrogens (tertiary/aromatic N) is 1. The highest BCUT2D eigenvalue weighted by Crippen LogP contribution is 2.20. The highest BCUT2D eigenvalue weighted by Gasteiger charge is 2.29. The van der Waals surface area contributed by atoms with Crippen molar-refractivity contribution in [1.82, 2.24) is 14.7 Å². The zero-order chi connectivity index (χ0) is 14.9. The SMILES string of the molecule is CC(NS(=O)(=O)C1CCOCC1)c1nc2ccccc2[nH]1. The van der Waals surface area contributed by atoms with Gasteiger partial charge >= 0.3 is 0 Å². The fraction of sp³-hybridized carbons (Fsp3) is 0.500. The first-order chi connectivity index (χ1) is 10.1. The molecule has 1 aromatic carbocycles. The minimum absolute atomic E-state index is 0.377. The number of hydrogen-bond acceptors (Lipinski definition) is 4. The summed E-state index contributed by atoms with van der Waals surface area (Å²) in [5, 5.41) is -0.377. The van der Waals surface area contributed by atoms with Gasteiger partial charge in [0, 0.05) is 13.2 Å². The Labute approximate surface area is 124 Å². The molecule has 1 saturated heterocycles. The Bertz CT molecular complexity index is 687. The number of ether oxygens (including phenoxy) is 1. The molecule has 2 aromatic rings. The quantitative estimate of drug-likeness (QED) is 0.900. The molecule has 0 bridgehead atoms. The number of H-pyrrole nitrogens is 1. The van der Waals surface area contributed by atoms with E-state index in [4.69, 9.17) is 4.74 Å². The van der Waals surface area contributed by atoms with Crippen molar-refractivity contribution in [3.8, 4) is 0 Å².